The quantitative estimate of drug-likeness (QED) is 0.843. The Balaban J connectivity index is 1.63. The van der Waals surface area contributed by atoms with E-state index in [0.29, 0.717) is 30.6 Å². The number of carbonyl (C=O) groups is 1. The maximum absolute atomic E-state index is 11.2. The smallest absolute Gasteiger partial charge is 0.257 e. The van der Waals surface area contributed by atoms with Gasteiger partial charge in [0.2, 0.25) is 5.91 Å². The molecule has 0 bridgehead atoms. The maximum Gasteiger partial charge on any atom is 0.257 e. The van der Waals surface area contributed by atoms with E-state index in [2.05, 4.69) is 22.3 Å². The summed E-state index contributed by atoms with van der Waals surface area (Å²) in [6, 6.07) is 8.26. The standard InChI is InChI=1S/C18H23N3O3/c1-13(22)21(2)10-9-17-19-18(24-20-17)15-7-5-14(6-8-15)16-4-3-11-23-12-16/h5-8,16H,3-4,9-12H2,1-2H3. The first-order chi connectivity index (χ1) is 11.6. The Morgan fingerprint density at radius 1 is 1.33 bits per heavy atom. The van der Waals surface area contributed by atoms with Gasteiger partial charge in [-0.3, -0.25) is 4.79 Å². The zero-order valence-corrected chi connectivity index (χ0v) is 14.2. The van der Waals surface area contributed by atoms with Crippen LogP contribution in [0, 0.1) is 0 Å². The van der Waals surface area contributed by atoms with Gasteiger partial charge in [0.15, 0.2) is 5.82 Å². The Hall–Kier alpha value is -2.21. The van der Waals surface area contributed by atoms with Crippen molar-refractivity contribution in [3.8, 4) is 11.5 Å². The van der Waals surface area contributed by atoms with Crippen molar-refractivity contribution in [3.05, 3.63) is 35.7 Å². The molecule has 0 spiro atoms. The van der Waals surface area contributed by atoms with Gasteiger partial charge in [0.25, 0.3) is 5.89 Å². The van der Waals surface area contributed by atoms with Crippen LogP contribution in [0.25, 0.3) is 11.5 Å². The molecule has 1 aliphatic heterocycles. The molecule has 3 rings (SSSR count). The summed E-state index contributed by atoms with van der Waals surface area (Å²) in [6.07, 6.45) is 2.87. The van der Waals surface area contributed by atoms with Crippen molar-refractivity contribution < 1.29 is 14.1 Å². The van der Waals surface area contributed by atoms with Gasteiger partial charge in [-0.05, 0) is 30.5 Å². The van der Waals surface area contributed by atoms with Crippen molar-refractivity contribution in [3.63, 3.8) is 0 Å². The van der Waals surface area contributed by atoms with Crippen LogP contribution < -0.4 is 0 Å². The summed E-state index contributed by atoms with van der Waals surface area (Å²) in [5.74, 6) is 1.64. The molecule has 24 heavy (non-hydrogen) atoms. The van der Waals surface area contributed by atoms with E-state index in [1.165, 1.54) is 12.0 Å². The van der Waals surface area contributed by atoms with Gasteiger partial charge in [-0.1, -0.05) is 17.3 Å². The average molecular weight is 329 g/mol. The van der Waals surface area contributed by atoms with E-state index in [-0.39, 0.29) is 5.91 Å². The van der Waals surface area contributed by atoms with Gasteiger partial charge in [-0.15, -0.1) is 0 Å². The van der Waals surface area contributed by atoms with Gasteiger partial charge in [0, 0.05) is 45.0 Å². The Morgan fingerprint density at radius 3 is 2.79 bits per heavy atom. The molecule has 1 aromatic carbocycles. The summed E-state index contributed by atoms with van der Waals surface area (Å²) in [5, 5.41) is 3.99. The first-order valence-corrected chi connectivity index (χ1v) is 8.36. The molecule has 0 saturated carbocycles. The van der Waals surface area contributed by atoms with E-state index in [4.69, 9.17) is 9.26 Å². The number of carbonyl (C=O) groups excluding carboxylic acids is 1. The minimum Gasteiger partial charge on any atom is -0.381 e. The SMILES string of the molecule is CC(=O)N(C)CCc1noc(-c2ccc(C3CCCOC3)cc2)n1. The third-order valence-electron chi connectivity index (χ3n) is 4.47. The fourth-order valence-corrected chi connectivity index (χ4v) is 2.80. The number of likely N-dealkylation sites (N-methyl/N-ethyl adjacent to an activating group) is 1. The molecule has 1 aromatic heterocycles. The number of hydrogen-bond donors (Lipinski definition) is 0. The number of hydrogen-bond acceptors (Lipinski definition) is 5. The second kappa shape index (κ2) is 7.57. The fraction of sp³-hybridized carbons (Fsp3) is 0.500. The molecular weight excluding hydrogens is 306 g/mol. The zero-order valence-electron chi connectivity index (χ0n) is 14.2. The van der Waals surface area contributed by atoms with Crippen LogP contribution in [-0.2, 0) is 16.0 Å². The van der Waals surface area contributed by atoms with Crippen molar-refractivity contribution >= 4 is 5.91 Å². The lowest BCUT2D eigenvalue weighted by molar-refractivity contribution is -0.127. The predicted octanol–water partition coefficient (Wildman–Crippen LogP) is 2.65. The first kappa shape index (κ1) is 16.6. The molecule has 128 valence electrons. The minimum atomic E-state index is 0.0287. The summed E-state index contributed by atoms with van der Waals surface area (Å²) in [4.78, 5) is 17.3. The maximum atomic E-state index is 11.2. The third-order valence-corrected chi connectivity index (χ3v) is 4.47. The van der Waals surface area contributed by atoms with Gasteiger partial charge in [0.05, 0.1) is 6.61 Å². The van der Waals surface area contributed by atoms with Gasteiger partial charge in [0.1, 0.15) is 0 Å². The molecule has 2 heterocycles. The minimum absolute atomic E-state index is 0.0287. The van der Waals surface area contributed by atoms with Crippen molar-refractivity contribution in [2.75, 3.05) is 26.8 Å². The van der Waals surface area contributed by atoms with Crippen LogP contribution in [0.5, 0.6) is 0 Å². The first-order valence-electron chi connectivity index (χ1n) is 8.36. The summed E-state index contributed by atoms with van der Waals surface area (Å²) < 4.78 is 10.9. The highest BCUT2D eigenvalue weighted by Crippen LogP contribution is 2.27. The lowest BCUT2D eigenvalue weighted by Crippen LogP contribution is -2.26. The van der Waals surface area contributed by atoms with Gasteiger partial charge < -0.3 is 14.2 Å². The molecule has 2 aromatic rings. The van der Waals surface area contributed by atoms with Crippen LogP contribution >= 0.6 is 0 Å². The molecular formula is C18H23N3O3. The predicted molar refractivity (Wildman–Crippen MR) is 89.5 cm³/mol. The topological polar surface area (TPSA) is 68.5 Å². The molecule has 0 aliphatic carbocycles. The van der Waals surface area contributed by atoms with E-state index in [9.17, 15) is 4.79 Å². The van der Waals surface area contributed by atoms with Gasteiger partial charge in [-0.2, -0.15) is 4.98 Å². The van der Waals surface area contributed by atoms with Crippen molar-refractivity contribution in [1.82, 2.24) is 15.0 Å². The Morgan fingerprint density at radius 2 is 2.12 bits per heavy atom. The lowest BCUT2D eigenvalue weighted by atomic mass is 9.93. The van der Waals surface area contributed by atoms with E-state index in [1.54, 1.807) is 18.9 Å². The number of rotatable bonds is 5. The van der Waals surface area contributed by atoms with Crippen LogP contribution in [0.15, 0.2) is 28.8 Å². The van der Waals surface area contributed by atoms with E-state index in [0.717, 1.165) is 25.2 Å². The Labute approximate surface area is 141 Å². The van der Waals surface area contributed by atoms with Crippen LogP contribution in [0.3, 0.4) is 0 Å². The zero-order chi connectivity index (χ0) is 16.9. The number of aromatic nitrogens is 2. The molecule has 1 amide bonds. The number of amides is 1. The molecule has 1 unspecified atom stereocenters. The molecule has 1 atom stereocenters. The van der Waals surface area contributed by atoms with E-state index < -0.39 is 0 Å². The fourth-order valence-electron chi connectivity index (χ4n) is 2.80. The summed E-state index contributed by atoms with van der Waals surface area (Å²) in [6.45, 7) is 3.79. The number of benzene rings is 1. The second-order valence-corrected chi connectivity index (χ2v) is 6.24. The summed E-state index contributed by atoms with van der Waals surface area (Å²) >= 11 is 0. The van der Waals surface area contributed by atoms with E-state index in [1.807, 2.05) is 12.1 Å². The molecule has 1 fully saturated rings. The summed E-state index contributed by atoms with van der Waals surface area (Å²) in [7, 11) is 1.76. The third kappa shape index (κ3) is 4.00. The molecule has 1 aliphatic rings. The lowest BCUT2D eigenvalue weighted by Gasteiger charge is -2.22. The van der Waals surface area contributed by atoms with Crippen LogP contribution in [0.4, 0.5) is 0 Å². The number of nitrogens with zero attached hydrogens (tertiary/aromatic N) is 3. The second-order valence-electron chi connectivity index (χ2n) is 6.24. The Kier molecular flexibility index (Phi) is 5.25. The van der Waals surface area contributed by atoms with Crippen molar-refractivity contribution in [2.45, 2.75) is 32.1 Å². The van der Waals surface area contributed by atoms with Crippen molar-refractivity contribution in [2.24, 2.45) is 0 Å². The highest BCUT2D eigenvalue weighted by Gasteiger charge is 2.16. The van der Waals surface area contributed by atoms with Crippen LogP contribution in [0.1, 0.15) is 37.1 Å². The number of ether oxygens (including phenoxy) is 1. The molecule has 0 radical (unpaired) electrons. The monoisotopic (exact) mass is 329 g/mol. The normalized spacial score (nSPS) is 17.7. The highest BCUT2D eigenvalue weighted by molar-refractivity contribution is 5.72. The van der Waals surface area contributed by atoms with Gasteiger partial charge in [-0.25, -0.2) is 0 Å². The molecule has 1 saturated heterocycles. The largest absolute Gasteiger partial charge is 0.381 e. The average Bonchev–Trinajstić information content (AvgIpc) is 3.09. The van der Waals surface area contributed by atoms with Crippen molar-refractivity contribution in [1.29, 1.82) is 0 Å². The van der Waals surface area contributed by atoms with Crippen LogP contribution in [-0.4, -0.2) is 47.8 Å². The van der Waals surface area contributed by atoms with Gasteiger partial charge >= 0.3 is 0 Å². The molecule has 6 nitrogen and oxygen atoms in total. The molecule has 6 heteroatoms. The van der Waals surface area contributed by atoms with Crippen LogP contribution in [0.2, 0.25) is 0 Å². The Bertz CT molecular complexity index is 675. The molecule has 0 N–H and O–H groups in total. The van der Waals surface area contributed by atoms with E-state index >= 15 is 0 Å². The highest BCUT2D eigenvalue weighted by atomic mass is 16.5. The summed E-state index contributed by atoms with van der Waals surface area (Å²) in [5.41, 5.74) is 2.20.